The predicted molar refractivity (Wildman–Crippen MR) is 101 cm³/mol. The minimum atomic E-state index is -0.216. The zero-order chi connectivity index (χ0) is 18.9. The molecule has 0 fully saturated rings. The number of hydrogen-bond donors (Lipinski definition) is 2. The summed E-state index contributed by atoms with van der Waals surface area (Å²) >= 11 is 0. The Morgan fingerprint density at radius 1 is 1.08 bits per heavy atom. The van der Waals surface area contributed by atoms with E-state index in [1.54, 1.807) is 39.5 Å². The van der Waals surface area contributed by atoms with Crippen molar-refractivity contribution in [3.63, 3.8) is 0 Å². The third-order valence-corrected chi connectivity index (χ3v) is 3.89. The highest BCUT2D eigenvalue weighted by Crippen LogP contribution is 2.40. The summed E-state index contributed by atoms with van der Waals surface area (Å²) in [5, 5.41) is 0. The molecule has 2 rings (SSSR count). The standard InChI is InChI=1S/C20H24N2O4/c1-5-9-16(21-22-20(23)14-10-7-6-8-11-14)15-12-17(24-2)19(26-4)18(13-15)25-3/h5-8,10-13,16,21H,1,9H2,2-4H3,(H,22,23). The van der Waals surface area contributed by atoms with Crippen molar-refractivity contribution in [2.75, 3.05) is 21.3 Å². The van der Waals surface area contributed by atoms with Gasteiger partial charge in [0.1, 0.15) is 0 Å². The first-order valence-corrected chi connectivity index (χ1v) is 8.16. The number of methoxy groups -OCH3 is 3. The topological polar surface area (TPSA) is 68.8 Å². The highest BCUT2D eigenvalue weighted by Gasteiger charge is 2.19. The number of benzene rings is 2. The van der Waals surface area contributed by atoms with Crippen molar-refractivity contribution in [3.05, 3.63) is 66.2 Å². The van der Waals surface area contributed by atoms with Gasteiger partial charge in [-0.1, -0.05) is 24.3 Å². The van der Waals surface area contributed by atoms with Crippen LogP contribution < -0.4 is 25.1 Å². The molecule has 0 radical (unpaired) electrons. The SMILES string of the molecule is C=CCC(NNC(=O)c1ccccc1)c1cc(OC)c(OC)c(OC)c1. The van der Waals surface area contributed by atoms with E-state index in [-0.39, 0.29) is 11.9 Å². The molecule has 1 amide bonds. The molecule has 6 heteroatoms. The van der Waals surface area contributed by atoms with Crippen LogP contribution in [0.3, 0.4) is 0 Å². The van der Waals surface area contributed by atoms with Crippen LogP contribution in [-0.4, -0.2) is 27.2 Å². The number of hydrazine groups is 1. The number of ether oxygens (including phenoxy) is 3. The molecule has 0 saturated carbocycles. The molecular weight excluding hydrogens is 332 g/mol. The summed E-state index contributed by atoms with van der Waals surface area (Å²) in [6.45, 7) is 3.79. The van der Waals surface area contributed by atoms with Gasteiger partial charge in [0.15, 0.2) is 11.5 Å². The normalized spacial score (nSPS) is 11.3. The molecule has 0 heterocycles. The Morgan fingerprint density at radius 3 is 2.19 bits per heavy atom. The Kier molecular flexibility index (Phi) is 7.05. The second kappa shape index (κ2) is 9.48. The molecular formula is C20H24N2O4. The zero-order valence-corrected chi connectivity index (χ0v) is 15.2. The van der Waals surface area contributed by atoms with Gasteiger partial charge in [-0.15, -0.1) is 6.58 Å². The van der Waals surface area contributed by atoms with Gasteiger partial charge in [-0.3, -0.25) is 10.2 Å². The van der Waals surface area contributed by atoms with Crippen LogP contribution in [0.4, 0.5) is 0 Å². The Bertz CT molecular complexity index is 722. The molecule has 1 atom stereocenters. The van der Waals surface area contributed by atoms with Crippen LogP contribution in [0.5, 0.6) is 17.2 Å². The minimum absolute atomic E-state index is 0.214. The van der Waals surface area contributed by atoms with Gasteiger partial charge >= 0.3 is 0 Å². The lowest BCUT2D eigenvalue weighted by Gasteiger charge is -2.21. The summed E-state index contributed by atoms with van der Waals surface area (Å²) in [5.41, 5.74) is 7.23. The lowest BCUT2D eigenvalue weighted by molar-refractivity contribution is 0.0925. The van der Waals surface area contributed by atoms with Crippen LogP contribution in [0.1, 0.15) is 28.4 Å². The van der Waals surface area contributed by atoms with Gasteiger partial charge in [-0.05, 0) is 36.2 Å². The lowest BCUT2D eigenvalue weighted by Crippen LogP contribution is -2.39. The van der Waals surface area contributed by atoms with Crippen molar-refractivity contribution in [1.29, 1.82) is 0 Å². The van der Waals surface area contributed by atoms with E-state index in [4.69, 9.17) is 14.2 Å². The molecule has 2 aromatic carbocycles. The van der Waals surface area contributed by atoms with Crippen LogP contribution in [0.2, 0.25) is 0 Å². The summed E-state index contributed by atoms with van der Waals surface area (Å²) in [6.07, 6.45) is 2.36. The fraction of sp³-hybridized carbons (Fsp3) is 0.250. The van der Waals surface area contributed by atoms with E-state index in [0.717, 1.165) is 5.56 Å². The van der Waals surface area contributed by atoms with E-state index >= 15 is 0 Å². The zero-order valence-electron chi connectivity index (χ0n) is 15.2. The lowest BCUT2D eigenvalue weighted by atomic mass is 10.0. The number of carbonyl (C=O) groups is 1. The van der Waals surface area contributed by atoms with Gasteiger partial charge in [0.05, 0.1) is 27.4 Å². The number of rotatable bonds is 9. The number of amides is 1. The Labute approximate surface area is 153 Å². The molecule has 0 spiro atoms. The summed E-state index contributed by atoms with van der Waals surface area (Å²) in [7, 11) is 4.68. The van der Waals surface area contributed by atoms with E-state index in [1.807, 2.05) is 30.3 Å². The number of carbonyl (C=O) groups excluding carboxylic acids is 1. The van der Waals surface area contributed by atoms with Crippen LogP contribution in [0, 0.1) is 0 Å². The molecule has 6 nitrogen and oxygen atoms in total. The van der Waals surface area contributed by atoms with Gasteiger partial charge in [0.25, 0.3) is 5.91 Å². The van der Waals surface area contributed by atoms with Crippen molar-refractivity contribution in [2.24, 2.45) is 0 Å². The smallest absolute Gasteiger partial charge is 0.265 e. The van der Waals surface area contributed by atoms with Gasteiger partial charge in [0.2, 0.25) is 5.75 Å². The van der Waals surface area contributed by atoms with E-state index in [0.29, 0.717) is 29.2 Å². The molecule has 0 saturated heterocycles. The van der Waals surface area contributed by atoms with Crippen molar-refractivity contribution >= 4 is 5.91 Å². The Morgan fingerprint density at radius 2 is 1.69 bits per heavy atom. The maximum atomic E-state index is 12.3. The largest absolute Gasteiger partial charge is 0.493 e. The van der Waals surface area contributed by atoms with Crippen LogP contribution in [0.25, 0.3) is 0 Å². The van der Waals surface area contributed by atoms with Crippen LogP contribution >= 0.6 is 0 Å². The van der Waals surface area contributed by atoms with E-state index in [2.05, 4.69) is 17.4 Å². The summed E-state index contributed by atoms with van der Waals surface area (Å²) in [6, 6.07) is 12.5. The second-order valence-electron chi connectivity index (χ2n) is 5.50. The molecule has 0 aliphatic carbocycles. The molecule has 138 valence electrons. The summed E-state index contributed by atoms with van der Waals surface area (Å²) in [4.78, 5) is 12.3. The third-order valence-electron chi connectivity index (χ3n) is 3.89. The van der Waals surface area contributed by atoms with Crippen LogP contribution in [0.15, 0.2) is 55.1 Å². The first kappa shape index (κ1) is 19.3. The molecule has 0 aliphatic rings. The van der Waals surface area contributed by atoms with E-state index in [9.17, 15) is 4.79 Å². The highest BCUT2D eigenvalue weighted by molar-refractivity contribution is 5.93. The van der Waals surface area contributed by atoms with Gasteiger partial charge in [-0.2, -0.15) is 0 Å². The highest BCUT2D eigenvalue weighted by atomic mass is 16.5. The fourth-order valence-electron chi connectivity index (χ4n) is 2.56. The molecule has 0 aromatic heterocycles. The average molecular weight is 356 g/mol. The van der Waals surface area contributed by atoms with Crippen LogP contribution in [-0.2, 0) is 0 Å². The first-order chi connectivity index (χ1) is 12.6. The van der Waals surface area contributed by atoms with Gasteiger partial charge in [-0.25, -0.2) is 5.43 Å². The minimum Gasteiger partial charge on any atom is -0.493 e. The molecule has 0 aliphatic heterocycles. The molecule has 0 bridgehead atoms. The quantitative estimate of drug-likeness (QED) is 0.533. The summed E-state index contributed by atoms with van der Waals surface area (Å²) in [5.74, 6) is 1.40. The second-order valence-corrected chi connectivity index (χ2v) is 5.50. The maximum Gasteiger partial charge on any atom is 0.265 e. The fourth-order valence-corrected chi connectivity index (χ4v) is 2.56. The van der Waals surface area contributed by atoms with Crippen molar-refractivity contribution in [1.82, 2.24) is 10.9 Å². The first-order valence-electron chi connectivity index (χ1n) is 8.16. The average Bonchev–Trinajstić information content (AvgIpc) is 2.70. The molecule has 2 aromatic rings. The molecule has 1 unspecified atom stereocenters. The van der Waals surface area contributed by atoms with Crippen molar-refractivity contribution in [3.8, 4) is 17.2 Å². The predicted octanol–water partition coefficient (Wildman–Crippen LogP) is 3.26. The molecule has 2 N–H and O–H groups in total. The van der Waals surface area contributed by atoms with Crippen molar-refractivity contribution < 1.29 is 19.0 Å². The Balaban J connectivity index is 2.23. The summed E-state index contributed by atoms with van der Waals surface area (Å²) < 4.78 is 16.1. The number of nitrogens with one attached hydrogen (secondary N) is 2. The third kappa shape index (κ3) is 4.55. The van der Waals surface area contributed by atoms with Crippen molar-refractivity contribution in [2.45, 2.75) is 12.5 Å². The molecule has 26 heavy (non-hydrogen) atoms. The van der Waals surface area contributed by atoms with E-state index < -0.39 is 0 Å². The van der Waals surface area contributed by atoms with E-state index in [1.165, 1.54) is 0 Å². The number of hydrogen-bond acceptors (Lipinski definition) is 5. The van der Waals surface area contributed by atoms with Gasteiger partial charge < -0.3 is 14.2 Å². The monoisotopic (exact) mass is 356 g/mol. The maximum absolute atomic E-state index is 12.3. The Hall–Kier alpha value is -2.99. The van der Waals surface area contributed by atoms with Gasteiger partial charge in [0, 0.05) is 5.56 Å².